The van der Waals surface area contributed by atoms with E-state index in [0.29, 0.717) is 10.8 Å². The lowest BCUT2D eigenvalue weighted by Gasteiger charge is -2.14. The van der Waals surface area contributed by atoms with Crippen molar-refractivity contribution in [3.8, 4) is 5.75 Å². The summed E-state index contributed by atoms with van der Waals surface area (Å²) in [6.07, 6.45) is 0. The number of fused-ring (bicyclic) bond motifs is 1. The molecule has 0 N–H and O–H groups in total. The number of alkyl halides is 3. The molecule has 0 fully saturated rings. The third-order valence-electron chi connectivity index (χ3n) is 2.82. The van der Waals surface area contributed by atoms with Crippen molar-refractivity contribution in [2.45, 2.75) is 10.4 Å². The lowest BCUT2D eigenvalue weighted by molar-refractivity contribution is -0.0328. The normalized spacial score (nSPS) is 11.5. The predicted molar refractivity (Wildman–Crippen MR) is 73.8 cm³/mol. The van der Waals surface area contributed by atoms with Gasteiger partial charge in [0.05, 0.1) is 24.7 Å². The van der Waals surface area contributed by atoms with Gasteiger partial charge in [0.2, 0.25) is 0 Å². The SMILES string of the molecule is COC(=O)c1cccc2c(SC(F)(F)F)c(OC)ccc12. The number of hydrogen-bond donors (Lipinski definition) is 0. The molecule has 0 aliphatic rings. The van der Waals surface area contributed by atoms with E-state index in [1.165, 1.54) is 38.5 Å². The Morgan fingerprint density at radius 1 is 1.10 bits per heavy atom. The van der Waals surface area contributed by atoms with Gasteiger partial charge in [-0.2, -0.15) is 13.2 Å². The van der Waals surface area contributed by atoms with Gasteiger partial charge >= 0.3 is 11.5 Å². The molecular weight excluding hydrogens is 305 g/mol. The molecule has 0 atom stereocenters. The number of carbonyl (C=O) groups is 1. The molecule has 0 amide bonds. The van der Waals surface area contributed by atoms with E-state index in [-0.39, 0.29) is 28.0 Å². The van der Waals surface area contributed by atoms with E-state index in [0.717, 1.165) is 0 Å². The van der Waals surface area contributed by atoms with Gasteiger partial charge in [0.25, 0.3) is 0 Å². The fourth-order valence-corrected chi connectivity index (χ4v) is 2.75. The van der Waals surface area contributed by atoms with Crippen LogP contribution >= 0.6 is 11.8 Å². The second-order valence-corrected chi connectivity index (χ2v) is 5.11. The van der Waals surface area contributed by atoms with Crippen molar-refractivity contribution < 1.29 is 27.4 Å². The number of thioether (sulfide) groups is 1. The molecule has 0 radical (unpaired) electrons. The van der Waals surface area contributed by atoms with Gasteiger partial charge in [0.1, 0.15) is 5.75 Å². The zero-order valence-corrected chi connectivity index (χ0v) is 12.0. The Balaban J connectivity index is 2.72. The minimum absolute atomic E-state index is 0.0757. The summed E-state index contributed by atoms with van der Waals surface area (Å²) in [6, 6.07) is 7.47. The van der Waals surface area contributed by atoms with E-state index in [4.69, 9.17) is 4.74 Å². The third kappa shape index (κ3) is 3.24. The number of hydrogen-bond acceptors (Lipinski definition) is 4. The average molecular weight is 316 g/mol. The van der Waals surface area contributed by atoms with E-state index in [2.05, 4.69) is 4.74 Å². The predicted octanol–water partition coefficient (Wildman–Crippen LogP) is 4.25. The van der Waals surface area contributed by atoms with Gasteiger partial charge in [0, 0.05) is 5.39 Å². The van der Waals surface area contributed by atoms with Crippen LogP contribution in [0.5, 0.6) is 5.75 Å². The van der Waals surface area contributed by atoms with Gasteiger partial charge in [-0.25, -0.2) is 4.79 Å². The quantitative estimate of drug-likeness (QED) is 0.626. The van der Waals surface area contributed by atoms with Crippen molar-refractivity contribution in [2.75, 3.05) is 14.2 Å². The zero-order valence-electron chi connectivity index (χ0n) is 11.2. The zero-order chi connectivity index (χ0) is 15.6. The van der Waals surface area contributed by atoms with Crippen LogP contribution in [0.1, 0.15) is 10.4 Å². The highest BCUT2D eigenvalue weighted by molar-refractivity contribution is 8.00. The molecule has 0 unspecified atom stereocenters. The summed E-state index contributed by atoms with van der Waals surface area (Å²) in [6.45, 7) is 0. The summed E-state index contributed by atoms with van der Waals surface area (Å²) < 4.78 is 47.8. The largest absolute Gasteiger partial charge is 0.496 e. The standard InChI is InChI=1S/C14H11F3O3S/c1-19-11-7-6-8-9(12(11)21-14(15,16)17)4-3-5-10(8)13(18)20-2/h3-7H,1-2H3. The summed E-state index contributed by atoms with van der Waals surface area (Å²) in [4.78, 5) is 11.6. The van der Waals surface area contributed by atoms with Gasteiger partial charge in [0.15, 0.2) is 0 Å². The Hall–Kier alpha value is -1.89. The molecule has 0 aliphatic heterocycles. The van der Waals surface area contributed by atoms with Gasteiger partial charge in [-0.05, 0) is 35.3 Å². The lowest BCUT2D eigenvalue weighted by Crippen LogP contribution is -2.04. The van der Waals surface area contributed by atoms with Crippen LogP contribution in [0.3, 0.4) is 0 Å². The van der Waals surface area contributed by atoms with Crippen molar-refractivity contribution >= 4 is 28.5 Å². The van der Waals surface area contributed by atoms with E-state index >= 15 is 0 Å². The number of ether oxygens (including phenoxy) is 2. The summed E-state index contributed by atoms with van der Waals surface area (Å²) >= 11 is -0.268. The molecule has 0 saturated heterocycles. The molecule has 0 heterocycles. The molecule has 0 saturated carbocycles. The van der Waals surface area contributed by atoms with Crippen molar-refractivity contribution in [2.24, 2.45) is 0 Å². The summed E-state index contributed by atoms with van der Waals surface area (Å²) in [5.41, 5.74) is -4.25. The van der Waals surface area contributed by atoms with Crippen LogP contribution in [0.15, 0.2) is 35.2 Å². The van der Waals surface area contributed by atoms with E-state index in [1.807, 2.05) is 0 Å². The number of benzene rings is 2. The molecular formula is C14H11F3O3S. The number of methoxy groups -OCH3 is 2. The summed E-state index contributed by atoms with van der Waals surface area (Å²) in [5.74, 6) is -0.499. The molecule has 0 bridgehead atoms. The van der Waals surface area contributed by atoms with Crippen LogP contribution in [0, 0.1) is 0 Å². The second-order valence-electron chi connectivity index (χ2n) is 4.04. The van der Waals surface area contributed by atoms with Gasteiger partial charge < -0.3 is 9.47 Å². The maximum absolute atomic E-state index is 12.7. The molecule has 0 spiro atoms. The molecule has 0 aromatic heterocycles. The molecule has 0 aliphatic carbocycles. The van der Waals surface area contributed by atoms with E-state index in [1.54, 1.807) is 6.07 Å². The van der Waals surface area contributed by atoms with Crippen LogP contribution < -0.4 is 4.74 Å². The topological polar surface area (TPSA) is 35.5 Å². The maximum Gasteiger partial charge on any atom is 0.446 e. The monoisotopic (exact) mass is 316 g/mol. The second kappa shape index (κ2) is 5.85. The molecule has 2 rings (SSSR count). The first-order valence-corrected chi connectivity index (χ1v) is 6.63. The lowest BCUT2D eigenvalue weighted by atomic mass is 10.0. The van der Waals surface area contributed by atoms with E-state index < -0.39 is 11.5 Å². The molecule has 3 nitrogen and oxygen atoms in total. The fraction of sp³-hybridized carbons (Fsp3) is 0.214. The molecule has 2 aromatic carbocycles. The molecule has 21 heavy (non-hydrogen) atoms. The minimum Gasteiger partial charge on any atom is -0.496 e. The Morgan fingerprint density at radius 2 is 1.81 bits per heavy atom. The number of halogens is 3. The number of rotatable bonds is 3. The molecule has 7 heteroatoms. The number of esters is 1. The van der Waals surface area contributed by atoms with Crippen molar-refractivity contribution in [1.29, 1.82) is 0 Å². The maximum atomic E-state index is 12.7. The van der Waals surface area contributed by atoms with Crippen LogP contribution in [-0.4, -0.2) is 25.7 Å². The van der Waals surface area contributed by atoms with Crippen molar-refractivity contribution in [1.82, 2.24) is 0 Å². The average Bonchev–Trinajstić information content (AvgIpc) is 2.44. The van der Waals surface area contributed by atoms with Crippen LogP contribution in [0.2, 0.25) is 0 Å². The van der Waals surface area contributed by atoms with Crippen molar-refractivity contribution in [3.63, 3.8) is 0 Å². The van der Waals surface area contributed by atoms with Crippen LogP contribution in [0.25, 0.3) is 10.8 Å². The van der Waals surface area contributed by atoms with Crippen LogP contribution in [0.4, 0.5) is 13.2 Å². The Bertz CT molecular complexity index is 683. The Kier molecular flexibility index (Phi) is 4.32. The molecule has 2 aromatic rings. The minimum atomic E-state index is -4.46. The fourth-order valence-electron chi connectivity index (χ4n) is 1.98. The first kappa shape index (κ1) is 15.5. The van der Waals surface area contributed by atoms with Crippen molar-refractivity contribution in [3.05, 3.63) is 35.9 Å². The van der Waals surface area contributed by atoms with Crippen LogP contribution in [-0.2, 0) is 4.74 Å². The number of carbonyl (C=O) groups excluding carboxylic acids is 1. The summed E-state index contributed by atoms with van der Waals surface area (Å²) in [5, 5.41) is 0.677. The van der Waals surface area contributed by atoms with Gasteiger partial charge in [-0.3, -0.25) is 0 Å². The first-order chi connectivity index (χ1) is 9.87. The highest BCUT2D eigenvalue weighted by atomic mass is 32.2. The first-order valence-electron chi connectivity index (χ1n) is 5.81. The van der Waals surface area contributed by atoms with Gasteiger partial charge in [-0.15, -0.1) is 0 Å². The smallest absolute Gasteiger partial charge is 0.446 e. The van der Waals surface area contributed by atoms with E-state index in [9.17, 15) is 18.0 Å². The van der Waals surface area contributed by atoms with Gasteiger partial charge in [-0.1, -0.05) is 12.1 Å². The highest BCUT2D eigenvalue weighted by Crippen LogP contribution is 2.45. The summed E-state index contributed by atoms with van der Waals surface area (Å²) in [7, 11) is 2.52. The molecule has 112 valence electrons. The Labute approximate surface area is 123 Å². The highest BCUT2D eigenvalue weighted by Gasteiger charge is 2.32. The third-order valence-corrected chi connectivity index (χ3v) is 3.68. The Morgan fingerprint density at radius 3 is 2.38 bits per heavy atom.